The van der Waals surface area contributed by atoms with Gasteiger partial charge in [0.2, 0.25) is 5.91 Å². The maximum atomic E-state index is 12.5. The number of carbonyl (C=O) groups is 1. The van der Waals surface area contributed by atoms with Crippen LogP contribution in [0.4, 0.5) is 0 Å². The number of amides is 1. The summed E-state index contributed by atoms with van der Waals surface area (Å²) in [5, 5.41) is 43.6. The van der Waals surface area contributed by atoms with Gasteiger partial charge in [0.05, 0.1) is 18.8 Å². The number of hydrogen-bond donors (Lipinski definition) is 5. The second kappa shape index (κ2) is 41.2. The van der Waals surface area contributed by atoms with Crippen LogP contribution in [-0.4, -0.2) is 57.3 Å². The lowest BCUT2D eigenvalue weighted by Gasteiger charge is -2.27. The first-order valence-corrected chi connectivity index (χ1v) is 23.1. The summed E-state index contributed by atoms with van der Waals surface area (Å²) in [4.78, 5) is 12.5. The van der Waals surface area contributed by atoms with E-state index in [9.17, 15) is 25.2 Å². The van der Waals surface area contributed by atoms with Crippen LogP contribution in [0.1, 0.15) is 245 Å². The Labute approximate surface area is 323 Å². The van der Waals surface area contributed by atoms with Crippen LogP contribution < -0.4 is 5.32 Å². The molecule has 0 bridgehead atoms. The molecular weight excluding hydrogens is 647 g/mol. The molecule has 0 aliphatic heterocycles. The van der Waals surface area contributed by atoms with Crippen molar-refractivity contribution in [3.05, 3.63) is 12.2 Å². The van der Waals surface area contributed by atoms with E-state index in [1.165, 1.54) is 173 Å². The maximum Gasteiger partial charge on any atom is 0.249 e. The summed E-state index contributed by atoms with van der Waals surface area (Å²) in [6.45, 7) is 4.04. The number of nitrogens with one attached hydrogen (secondary N) is 1. The standard InChI is InChI=1S/C46H91NO5/c1-3-5-7-9-11-13-15-17-18-19-20-21-22-23-24-25-26-27-28-30-31-33-35-37-39-43(49)45(51)42(41-48)47-46(52)44(50)40-38-36-34-32-29-16-14-12-10-8-6-4-2/h29,32,42-45,48-51H,3-28,30-31,33-41H2,1-2H3,(H,47,52)/b32-29-. The normalized spacial score (nSPS) is 14.2. The molecule has 0 spiro atoms. The Bertz CT molecular complexity index is 746. The molecule has 0 rings (SSSR count). The minimum Gasteiger partial charge on any atom is -0.394 e. The van der Waals surface area contributed by atoms with Gasteiger partial charge in [0.15, 0.2) is 0 Å². The SMILES string of the molecule is CCCCCCCC/C=C\CCCCC(O)C(=O)NC(CO)C(O)C(O)CCCCCCCCCCCCCCCCCCCCCCCCCC. The van der Waals surface area contributed by atoms with Crippen molar-refractivity contribution in [1.82, 2.24) is 5.32 Å². The predicted molar refractivity (Wildman–Crippen MR) is 224 cm³/mol. The fourth-order valence-electron chi connectivity index (χ4n) is 7.28. The van der Waals surface area contributed by atoms with Crippen molar-refractivity contribution in [1.29, 1.82) is 0 Å². The molecule has 6 nitrogen and oxygen atoms in total. The van der Waals surface area contributed by atoms with Gasteiger partial charge in [-0.3, -0.25) is 4.79 Å². The molecule has 0 heterocycles. The third-order valence-electron chi connectivity index (χ3n) is 11.0. The van der Waals surface area contributed by atoms with Crippen LogP contribution in [0.3, 0.4) is 0 Å². The van der Waals surface area contributed by atoms with E-state index in [4.69, 9.17) is 0 Å². The largest absolute Gasteiger partial charge is 0.394 e. The number of unbranched alkanes of at least 4 members (excludes halogenated alkanes) is 31. The monoisotopic (exact) mass is 738 g/mol. The van der Waals surface area contributed by atoms with E-state index < -0.39 is 36.9 Å². The van der Waals surface area contributed by atoms with E-state index in [2.05, 4.69) is 31.3 Å². The van der Waals surface area contributed by atoms with Gasteiger partial charge in [-0.05, 0) is 38.5 Å². The van der Waals surface area contributed by atoms with Crippen LogP contribution in [0.2, 0.25) is 0 Å². The summed E-state index contributed by atoms with van der Waals surface area (Å²) in [5.41, 5.74) is 0. The van der Waals surface area contributed by atoms with Gasteiger partial charge >= 0.3 is 0 Å². The summed E-state index contributed by atoms with van der Waals surface area (Å²) in [6, 6.07) is -0.989. The molecule has 4 atom stereocenters. The van der Waals surface area contributed by atoms with E-state index in [1.54, 1.807) is 0 Å². The molecule has 0 aromatic rings. The first-order chi connectivity index (χ1) is 25.5. The summed E-state index contributed by atoms with van der Waals surface area (Å²) in [7, 11) is 0. The van der Waals surface area contributed by atoms with E-state index in [0.29, 0.717) is 12.8 Å². The lowest BCUT2D eigenvalue weighted by Crippen LogP contribution is -2.53. The van der Waals surface area contributed by atoms with Crippen molar-refractivity contribution in [3.8, 4) is 0 Å². The molecule has 0 aliphatic carbocycles. The number of rotatable bonds is 42. The maximum absolute atomic E-state index is 12.5. The van der Waals surface area contributed by atoms with Crippen molar-refractivity contribution in [2.45, 2.75) is 269 Å². The average Bonchev–Trinajstić information content (AvgIpc) is 3.15. The fourth-order valence-corrected chi connectivity index (χ4v) is 7.28. The van der Waals surface area contributed by atoms with Gasteiger partial charge in [-0.15, -0.1) is 0 Å². The molecule has 0 saturated carbocycles. The van der Waals surface area contributed by atoms with Crippen LogP contribution in [0, 0.1) is 0 Å². The van der Waals surface area contributed by atoms with Gasteiger partial charge < -0.3 is 25.7 Å². The molecule has 0 aromatic carbocycles. The first-order valence-electron chi connectivity index (χ1n) is 23.1. The second-order valence-corrected chi connectivity index (χ2v) is 16.1. The van der Waals surface area contributed by atoms with Crippen molar-refractivity contribution in [2.24, 2.45) is 0 Å². The fraction of sp³-hybridized carbons (Fsp3) is 0.935. The van der Waals surface area contributed by atoms with Gasteiger partial charge in [0.25, 0.3) is 0 Å². The van der Waals surface area contributed by atoms with E-state index >= 15 is 0 Å². The molecule has 4 unspecified atom stereocenters. The van der Waals surface area contributed by atoms with E-state index in [-0.39, 0.29) is 0 Å². The number of allylic oxidation sites excluding steroid dienone is 2. The Kier molecular flexibility index (Phi) is 40.5. The van der Waals surface area contributed by atoms with Crippen LogP contribution in [0.25, 0.3) is 0 Å². The quantitative estimate of drug-likeness (QED) is 0.0316. The lowest BCUT2D eigenvalue weighted by atomic mass is 9.99. The highest BCUT2D eigenvalue weighted by atomic mass is 16.3. The molecule has 52 heavy (non-hydrogen) atoms. The van der Waals surface area contributed by atoms with Crippen molar-refractivity contribution in [3.63, 3.8) is 0 Å². The minimum absolute atomic E-state index is 0.341. The third-order valence-corrected chi connectivity index (χ3v) is 11.0. The van der Waals surface area contributed by atoms with Crippen LogP contribution in [-0.2, 0) is 4.79 Å². The summed E-state index contributed by atoms with van der Waals surface area (Å²) < 4.78 is 0. The van der Waals surface area contributed by atoms with Crippen LogP contribution in [0.15, 0.2) is 12.2 Å². The van der Waals surface area contributed by atoms with Crippen molar-refractivity contribution in [2.75, 3.05) is 6.61 Å². The number of carbonyl (C=O) groups excluding carboxylic acids is 1. The van der Waals surface area contributed by atoms with Crippen molar-refractivity contribution < 1.29 is 25.2 Å². The molecule has 0 aromatic heterocycles. The summed E-state index contributed by atoms with van der Waals surface area (Å²) >= 11 is 0. The molecule has 0 aliphatic rings. The average molecular weight is 738 g/mol. The van der Waals surface area contributed by atoms with Crippen LogP contribution in [0.5, 0.6) is 0 Å². The molecule has 0 saturated heterocycles. The van der Waals surface area contributed by atoms with E-state index in [0.717, 1.165) is 44.9 Å². The highest BCUT2D eigenvalue weighted by molar-refractivity contribution is 5.80. The second-order valence-electron chi connectivity index (χ2n) is 16.1. The zero-order valence-corrected chi connectivity index (χ0v) is 34.8. The van der Waals surface area contributed by atoms with Crippen molar-refractivity contribution >= 4 is 5.91 Å². The molecule has 0 radical (unpaired) electrons. The minimum atomic E-state index is -1.26. The van der Waals surface area contributed by atoms with Crippen LogP contribution >= 0.6 is 0 Å². The summed E-state index contributed by atoms with van der Waals surface area (Å²) in [5.74, 6) is -0.598. The molecule has 1 amide bonds. The Morgan fingerprint density at radius 2 is 0.769 bits per heavy atom. The number of aliphatic hydroxyl groups is 4. The number of hydrogen-bond acceptors (Lipinski definition) is 5. The highest BCUT2D eigenvalue weighted by Crippen LogP contribution is 2.17. The Morgan fingerprint density at radius 3 is 1.13 bits per heavy atom. The highest BCUT2D eigenvalue weighted by Gasteiger charge is 2.28. The third kappa shape index (κ3) is 34.8. The lowest BCUT2D eigenvalue weighted by molar-refractivity contribution is -0.132. The van der Waals surface area contributed by atoms with Gasteiger partial charge in [-0.1, -0.05) is 219 Å². The van der Waals surface area contributed by atoms with Gasteiger partial charge in [0.1, 0.15) is 12.2 Å². The Balaban J connectivity index is 3.65. The predicted octanol–water partition coefficient (Wildman–Crippen LogP) is 12.2. The Hall–Kier alpha value is -0.950. The van der Waals surface area contributed by atoms with Gasteiger partial charge in [0, 0.05) is 0 Å². The molecular formula is C46H91NO5. The zero-order chi connectivity index (χ0) is 38.2. The molecule has 6 heteroatoms. The van der Waals surface area contributed by atoms with Gasteiger partial charge in [-0.2, -0.15) is 0 Å². The number of aliphatic hydroxyl groups excluding tert-OH is 4. The zero-order valence-electron chi connectivity index (χ0n) is 34.8. The summed E-state index contributed by atoms with van der Waals surface area (Å²) in [6.07, 6.45) is 45.4. The molecule has 5 N–H and O–H groups in total. The van der Waals surface area contributed by atoms with E-state index in [1.807, 2.05) is 0 Å². The smallest absolute Gasteiger partial charge is 0.249 e. The molecule has 310 valence electrons. The first kappa shape index (κ1) is 51.0. The Morgan fingerprint density at radius 1 is 0.462 bits per heavy atom. The topological polar surface area (TPSA) is 110 Å². The molecule has 0 fully saturated rings. The van der Waals surface area contributed by atoms with Gasteiger partial charge in [-0.25, -0.2) is 0 Å².